The molecule has 2 rings (SSSR count). The Kier molecular flexibility index (Phi) is 3.92. The summed E-state index contributed by atoms with van der Waals surface area (Å²) in [4.78, 5) is 2.34. The summed E-state index contributed by atoms with van der Waals surface area (Å²) in [6.45, 7) is 2.86. The van der Waals surface area contributed by atoms with Crippen molar-refractivity contribution in [2.45, 2.75) is 18.4 Å². The third kappa shape index (κ3) is 3.12. The van der Waals surface area contributed by atoms with Crippen molar-refractivity contribution in [1.82, 2.24) is 4.90 Å². The molecule has 1 aromatic carbocycles. The van der Waals surface area contributed by atoms with Crippen LogP contribution in [-0.4, -0.2) is 37.1 Å². The molecule has 3 N–H and O–H groups in total. The van der Waals surface area contributed by atoms with E-state index < -0.39 is 0 Å². The van der Waals surface area contributed by atoms with Gasteiger partial charge in [0.05, 0.1) is 5.54 Å². The highest BCUT2D eigenvalue weighted by Crippen LogP contribution is 2.26. The minimum atomic E-state index is 0.0420. The number of hydrogen-bond donors (Lipinski definition) is 2. The van der Waals surface area contributed by atoms with Crippen molar-refractivity contribution in [1.29, 1.82) is 0 Å². The minimum Gasteiger partial charge on any atom is -0.378 e. The predicted octanol–water partition coefficient (Wildman–Crippen LogP) is 2.17. The van der Waals surface area contributed by atoms with Gasteiger partial charge in [0.15, 0.2) is 0 Å². The lowest BCUT2D eigenvalue weighted by Gasteiger charge is -2.41. The third-order valence-corrected chi connectivity index (χ3v) is 3.84. The number of likely N-dealkylation sites (tertiary alicyclic amines) is 1. The summed E-state index contributed by atoms with van der Waals surface area (Å²) in [5, 5.41) is 4.35. The Morgan fingerprint density at radius 1 is 1.29 bits per heavy atom. The van der Waals surface area contributed by atoms with Crippen LogP contribution in [0.2, 0.25) is 5.02 Å². The number of anilines is 1. The van der Waals surface area contributed by atoms with Gasteiger partial charge in [0.2, 0.25) is 0 Å². The molecular formula is C13H20ClN3. The number of nitrogens with one attached hydrogen (secondary N) is 1. The lowest BCUT2D eigenvalue weighted by molar-refractivity contribution is 0.209. The molecule has 0 aromatic heterocycles. The molecule has 0 spiro atoms. The highest BCUT2D eigenvalue weighted by Gasteiger charge is 2.32. The average Bonchev–Trinajstić information content (AvgIpc) is 2.35. The maximum Gasteiger partial charge on any atom is 0.0520 e. The second-order valence-electron chi connectivity index (χ2n) is 4.92. The largest absolute Gasteiger partial charge is 0.378 e. The zero-order valence-corrected chi connectivity index (χ0v) is 11.0. The highest BCUT2D eigenvalue weighted by molar-refractivity contribution is 6.30. The Bertz CT molecular complexity index is 355. The first-order valence-electron chi connectivity index (χ1n) is 6.06. The van der Waals surface area contributed by atoms with Crippen molar-refractivity contribution in [3.05, 3.63) is 29.3 Å². The minimum absolute atomic E-state index is 0.0420. The molecule has 0 radical (unpaired) electrons. The molecule has 0 saturated carbocycles. The van der Waals surface area contributed by atoms with E-state index in [1.54, 1.807) is 0 Å². The van der Waals surface area contributed by atoms with Crippen molar-refractivity contribution >= 4 is 17.3 Å². The number of hydrogen-bond acceptors (Lipinski definition) is 3. The van der Waals surface area contributed by atoms with Crippen LogP contribution in [0.4, 0.5) is 5.69 Å². The summed E-state index contributed by atoms with van der Waals surface area (Å²) in [5.74, 6) is 0. The van der Waals surface area contributed by atoms with E-state index in [4.69, 9.17) is 17.3 Å². The molecule has 1 aliphatic heterocycles. The fourth-order valence-electron chi connectivity index (χ4n) is 2.27. The maximum absolute atomic E-state index is 5.95. The Hall–Kier alpha value is -0.770. The lowest BCUT2D eigenvalue weighted by atomic mass is 9.87. The van der Waals surface area contributed by atoms with Gasteiger partial charge in [0.1, 0.15) is 0 Å². The fourth-order valence-corrected chi connectivity index (χ4v) is 2.39. The zero-order chi connectivity index (χ0) is 12.3. The van der Waals surface area contributed by atoms with E-state index in [2.05, 4.69) is 17.3 Å². The molecule has 0 amide bonds. The second-order valence-corrected chi connectivity index (χ2v) is 5.36. The molecule has 1 aliphatic rings. The molecule has 1 heterocycles. The Morgan fingerprint density at radius 2 is 1.88 bits per heavy atom. The van der Waals surface area contributed by atoms with Gasteiger partial charge in [0, 0.05) is 30.3 Å². The van der Waals surface area contributed by atoms with E-state index >= 15 is 0 Å². The summed E-state index contributed by atoms with van der Waals surface area (Å²) in [7, 11) is 2.16. The van der Waals surface area contributed by atoms with E-state index in [0.717, 1.165) is 36.6 Å². The summed E-state index contributed by atoms with van der Waals surface area (Å²) in [5.41, 5.74) is 7.10. The smallest absolute Gasteiger partial charge is 0.0520 e. The van der Waals surface area contributed by atoms with Crippen LogP contribution in [0, 0.1) is 0 Å². The van der Waals surface area contributed by atoms with Crippen molar-refractivity contribution in [2.24, 2.45) is 5.73 Å². The van der Waals surface area contributed by atoms with Gasteiger partial charge in [0.25, 0.3) is 0 Å². The molecule has 3 nitrogen and oxygen atoms in total. The normalized spacial score (nSPS) is 20.2. The molecule has 0 unspecified atom stereocenters. The van der Waals surface area contributed by atoms with Crippen LogP contribution in [0.5, 0.6) is 0 Å². The van der Waals surface area contributed by atoms with Crippen LogP contribution in [-0.2, 0) is 0 Å². The van der Waals surface area contributed by atoms with Crippen LogP contribution in [0.1, 0.15) is 12.8 Å². The topological polar surface area (TPSA) is 41.3 Å². The fraction of sp³-hybridized carbons (Fsp3) is 0.538. The number of rotatable bonds is 3. The third-order valence-electron chi connectivity index (χ3n) is 3.59. The van der Waals surface area contributed by atoms with Gasteiger partial charge in [-0.1, -0.05) is 11.6 Å². The summed E-state index contributed by atoms with van der Waals surface area (Å²) < 4.78 is 0. The first kappa shape index (κ1) is 12.7. The highest BCUT2D eigenvalue weighted by atomic mass is 35.5. The van der Waals surface area contributed by atoms with Crippen LogP contribution < -0.4 is 11.1 Å². The van der Waals surface area contributed by atoms with Gasteiger partial charge in [-0.05, 0) is 44.2 Å². The summed E-state index contributed by atoms with van der Waals surface area (Å²) in [6, 6.07) is 7.84. The lowest BCUT2D eigenvalue weighted by Crippen LogP contribution is -2.52. The van der Waals surface area contributed by atoms with Crippen LogP contribution >= 0.6 is 11.6 Å². The van der Waals surface area contributed by atoms with E-state index in [-0.39, 0.29) is 5.54 Å². The molecule has 4 heteroatoms. The first-order valence-corrected chi connectivity index (χ1v) is 6.44. The van der Waals surface area contributed by atoms with Crippen molar-refractivity contribution in [3.63, 3.8) is 0 Å². The molecule has 1 saturated heterocycles. The molecule has 1 aromatic rings. The van der Waals surface area contributed by atoms with E-state index in [1.807, 2.05) is 24.3 Å². The molecule has 94 valence electrons. The number of halogens is 1. The zero-order valence-electron chi connectivity index (χ0n) is 10.2. The number of piperidine rings is 1. The number of nitrogens with zero attached hydrogens (tertiary/aromatic N) is 1. The second kappa shape index (κ2) is 5.25. The van der Waals surface area contributed by atoms with Gasteiger partial charge < -0.3 is 16.0 Å². The van der Waals surface area contributed by atoms with Crippen molar-refractivity contribution < 1.29 is 0 Å². The van der Waals surface area contributed by atoms with Crippen LogP contribution in [0.25, 0.3) is 0 Å². The molecule has 1 fully saturated rings. The SMILES string of the molecule is CN1CCC(CN)(Nc2ccc(Cl)cc2)CC1. The van der Waals surface area contributed by atoms with Crippen molar-refractivity contribution in [2.75, 3.05) is 32.0 Å². The summed E-state index contributed by atoms with van der Waals surface area (Å²) >= 11 is 5.88. The Balaban J connectivity index is 2.06. The Labute approximate surface area is 108 Å². The van der Waals surface area contributed by atoms with E-state index in [0.29, 0.717) is 6.54 Å². The van der Waals surface area contributed by atoms with Gasteiger partial charge in [-0.15, -0.1) is 0 Å². The quantitative estimate of drug-likeness (QED) is 0.868. The summed E-state index contributed by atoms with van der Waals surface area (Å²) in [6.07, 6.45) is 2.17. The monoisotopic (exact) mass is 253 g/mol. The molecular weight excluding hydrogens is 234 g/mol. The van der Waals surface area contributed by atoms with E-state index in [9.17, 15) is 0 Å². The Morgan fingerprint density at radius 3 is 2.41 bits per heavy atom. The first-order chi connectivity index (χ1) is 8.13. The maximum atomic E-state index is 5.95. The van der Waals surface area contributed by atoms with Crippen LogP contribution in [0.15, 0.2) is 24.3 Å². The van der Waals surface area contributed by atoms with Gasteiger partial charge in [-0.3, -0.25) is 0 Å². The molecule has 0 aliphatic carbocycles. The van der Waals surface area contributed by atoms with Gasteiger partial charge >= 0.3 is 0 Å². The van der Waals surface area contributed by atoms with Gasteiger partial charge in [-0.25, -0.2) is 0 Å². The molecule has 17 heavy (non-hydrogen) atoms. The van der Waals surface area contributed by atoms with E-state index in [1.165, 1.54) is 0 Å². The predicted molar refractivity (Wildman–Crippen MR) is 73.6 cm³/mol. The van der Waals surface area contributed by atoms with Crippen LogP contribution in [0.3, 0.4) is 0 Å². The molecule has 0 atom stereocenters. The standard InChI is InChI=1S/C13H20ClN3/c1-17-8-6-13(10-15,7-9-17)16-12-4-2-11(14)3-5-12/h2-5,16H,6-10,15H2,1H3. The molecule has 0 bridgehead atoms. The number of benzene rings is 1. The number of nitrogens with two attached hydrogens (primary N) is 1. The van der Waals surface area contributed by atoms with Gasteiger partial charge in [-0.2, -0.15) is 0 Å². The average molecular weight is 254 g/mol. The van der Waals surface area contributed by atoms with Crippen molar-refractivity contribution in [3.8, 4) is 0 Å².